The van der Waals surface area contributed by atoms with Gasteiger partial charge in [0.1, 0.15) is 12.1 Å². The zero-order chi connectivity index (χ0) is 17.4. The van der Waals surface area contributed by atoms with Crippen LogP contribution in [0.4, 0.5) is 5.82 Å². The third-order valence-electron chi connectivity index (χ3n) is 4.42. The van der Waals surface area contributed by atoms with E-state index in [9.17, 15) is 4.79 Å². The Morgan fingerprint density at radius 1 is 1.28 bits per heavy atom. The molecular weight excluding hydrogens is 316 g/mol. The van der Waals surface area contributed by atoms with Crippen molar-refractivity contribution in [2.45, 2.75) is 25.4 Å². The molecule has 7 heteroatoms. The molecule has 1 saturated carbocycles. The van der Waals surface area contributed by atoms with Gasteiger partial charge in [-0.2, -0.15) is 5.10 Å². The van der Waals surface area contributed by atoms with Crippen molar-refractivity contribution in [3.05, 3.63) is 47.9 Å². The zero-order valence-electron chi connectivity index (χ0n) is 14.3. The predicted molar refractivity (Wildman–Crippen MR) is 95.3 cm³/mol. The molecule has 0 bridgehead atoms. The molecule has 1 amide bonds. The Hall–Kier alpha value is -2.96. The number of carbonyl (C=O) groups excluding carboxylic acids is 1. The summed E-state index contributed by atoms with van der Waals surface area (Å²) >= 11 is 0. The minimum atomic E-state index is 0.00951. The molecule has 2 aromatic heterocycles. The molecule has 0 radical (unpaired) electrons. The Labute approximate surface area is 145 Å². The van der Waals surface area contributed by atoms with E-state index in [2.05, 4.69) is 25.3 Å². The van der Waals surface area contributed by atoms with Gasteiger partial charge < -0.3 is 10.2 Å². The second-order valence-corrected chi connectivity index (χ2v) is 6.50. The predicted octanol–water partition coefficient (Wildman–Crippen LogP) is 1.89. The van der Waals surface area contributed by atoms with Gasteiger partial charge >= 0.3 is 0 Å². The summed E-state index contributed by atoms with van der Waals surface area (Å²) in [6.07, 6.45) is 5.53. The second-order valence-electron chi connectivity index (χ2n) is 6.50. The van der Waals surface area contributed by atoms with Crippen molar-refractivity contribution in [3.63, 3.8) is 0 Å². The number of nitrogens with zero attached hydrogens (tertiary/aromatic N) is 5. The summed E-state index contributed by atoms with van der Waals surface area (Å²) in [6, 6.07) is 8.10. The average molecular weight is 336 g/mol. The van der Waals surface area contributed by atoms with Gasteiger partial charge in [-0.1, -0.05) is 12.1 Å². The fourth-order valence-corrected chi connectivity index (χ4v) is 2.86. The van der Waals surface area contributed by atoms with Crippen LogP contribution in [0.3, 0.4) is 0 Å². The highest BCUT2D eigenvalue weighted by atomic mass is 16.1. The van der Waals surface area contributed by atoms with Crippen LogP contribution in [-0.2, 0) is 13.6 Å². The Bertz CT molecular complexity index is 913. The monoisotopic (exact) mass is 336 g/mol. The van der Waals surface area contributed by atoms with E-state index in [1.807, 2.05) is 38.4 Å². The fourth-order valence-electron chi connectivity index (χ4n) is 2.86. The molecule has 4 rings (SSSR count). The summed E-state index contributed by atoms with van der Waals surface area (Å²) in [5.41, 5.74) is 2.63. The standard InChI is InChI=1S/C18H20N6O/c1-23(16-15-9-21-24(2)17(15)20-11-19-16)10-12-3-5-13(6-4-12)18(25)22-14-7-8-14/h3-6,9,11,14H,7-8,10H2,1-2H3,(H,22,25). The highest BCUT2D eigenvalue weighted by molar-refractivity contribution is 5.94. The van der Waals surface area contributed by atoms with Crippen LogP contribution in [0.5, 0.6) is 0 Å². The van der Waals surface area contributed by atoms with Crippen LogP contribution in [0.15, 0.2) is 36.8 Å². The summed E-state index contributed by atoms with van der Waals surface area (Å²) in [5, 5.41) is 8.18. The summed E-state index contributed by atoms with van der Waals surface area (Å²) in [6.45, 7) is 0.686. The maximum absolute atomic E-state index is 12.1. The third-order valence-corrected chi connectivity index (χ3v) is 4.42. The molecule has 7 nitrogen and oxygen atoms in total. The summed E-state index contributed by atoms with van der Waals surface area (Å²) in [7, 11) is 3.85. The van der Waals surface area contributed by atoms with Gasteiger partial charge in [0.15, 0.2) is 5.65 Å². The quantitative estimate of drug-likeness (QED) is 0.770. The largest absolute Gasteiger partial charge is 0.355 e. The van der Waals surface area contributed by atoms with Crippen molar-refractivity contribution in [1.29, 1.82) is 0 Å². The van der Waals surface area contributed by atoms with Gasteiger partial charge in [0, 0.05) is 32.2 Å². The Kier molecular flexibility index (Phi) is 3.83. The van der Waals surface area contributed by atoms with Gasteiger partial charge in [-0.05, 0) is 30.5 Å². The van der Waals surface area contributed by atoms with E-state index in [-0.39, 0.29) is 5.91 Å². The van der Waals surface area contributed by atoms with Gasteiger partial charge in [0.2, 0.25) is 0 Å². The maximum Gasteiger partial charge on any atom is 0.251 e. The summed E-state index contributed by atoms with van der Waals surface area (Å²) in [4.78, 5) is 22.8. The molecule has 25 heavy (non-hydrogen) atoms. The highest BCUT2D eigenvalue weighted by Gasteiger charge is 2.23. The molecule has 0 saturated heterocycles. The Morgan fingerprint density at radius 2 is 2.04 bits per heavy atom. The van der Waals surface area contributed by atoms with Crippen molar-refractivity contribution in [2.75, 3.05) is 11.9 Å². The molecule has 1 N–H and O–H groups in total. The number of anilines is 1. The zero-order valence-corrected chi connectivity index (χ0v) is 14.3. The van der Waals surface area contributed by atoms with E-state index >= 15 is 0 Å². The number of hydrogen-bond donors (Lipinski definition) is 1. The van der Waals surface area contributed by atoms with Crippen LogP contribution in [0.1, 0.15) is 28.8 Å². The van der Waals surface area contributed by atoms with Crippen LogP contribution < -0.4 is 10.2 Å². The van der Waals surface area contributed by atoms with Crippen LogP contribution in [0.2, 0.25) is 0 Å². The third kappa shape index (κ3) is 3.17. The highest BCUT2D eigenvalue weighted by Crippen LogP contribution is 2.23. The smallest absolute Gasteiger partial charge is 0.251 e. The molecule has 3 aromatic rings. The lowest BCUT2D eigenvalue weighted by Gasteiger charge is -2.18. The van der Waals surface area contributed by atoms with Gasteiger partial charge in [-0.3, -0.25) is 9.48 Å². The second kappa shape index (κ2) is 6.16. The molecule has 1 fully saturated rings. The number of amides is 1. The number of benzene rings is 1. The van der Waals surface area contributed by atoms with E-state index in [0.29, 0.717) is 18.2 Å². The number of aryl methyl sites for hydroxylation is 1. The Morgan fingerprint density at radius 3 is 2.76 bits per heavy atom. The fraction of sp³-hybridized carbons (Fsp3) is 0.333. The number of carbonyl (C=O) groups is 1. The number of nitrogens with one attached hydrogen (secondary N) is 1. The van der Waals surface area contributed by atoms with Gasteiger partial charge in [0.25, 0.3) is 5.91 Å². The first-order chi connectivity index (χ1) is 12.1. The Balaban J connectivity index is 1.50. The number of hydrogen-bond acceptors (Lipinski definition) is 5. The first-order valence-electron chi connectivity index (χ1n) is 8.35. The number of aromatic nitrogens is 4. The van der Waals surface area contributed by atoms with E-state index in [4.69, 9.17) is 0 Å². The molecule has 1 aromatic carbocycles. The van der Waals surface area contributed by atoms with Crippen LogP contribution >= 0.6 is 0 Å². The van der Waals surface area contributed by atoms with E-state index < -0.39 is 0 Å². The van der Waals surface area contributed by atoms with Crippen molar-refractivity contribution >= 4 is 22.8 Å². The van der Waals surface area contributed by atoms with Crippen LogP contribution in [0.25, 0.3) is 11.0 Å². The molecule has 0 unspecified atom stereocenters. The van der Waals surface area contributed by atoms with Gasteiger partial charge in [0.05, 0.1) is 11.6 Å². The van der Waals surface area contributed by atoms with Gasteiger partial charge in [-0.25, -0.2) is 9.97 Å². The lowest BCUT2D eigenvalue weighted by Crippen LogP contribution is -2.25. The maximum atomic E-state index is 12.1. The normalized spacial score (nSPS) is 13.8. The van der Waals surface area contributed by atoms with Crippen molar-refractivity contribution < 1.29 is 4.79 Å². The minimum Gasteiger partial charge on any atom is -0.355 e. The van der Waals surface area contributed by atoms with E-state index in [1.54, 1.807) is 17.2 Å². The van der Waals surface area contributed by atoms with Gasteiger partial charge in [-0.15, -0.1) is 0 Å². The summed E-state index contributed by atoms with van der Waals surface area (Å²) in [5.74, 6) is 0.851. The first-order valence-corrected chi connectivity index (χ1v) is 8.35. The molecular formula is C18H20N6O. The minimum absolute atomic E-state index is 0.00951. The average Bonchev–Trinajstić information content (AvgIpc) is 3.36. The first kappa shape index (κ1) is 15.6. The number of rotatable bonds is 5. The molecule has 1 aliphatic rings. The van der Waals surface area contributed by atoms with Crippen LogP contribution in [0, 0.1) is 0 Å². The SMILES string of the molecule is CN(Cc1ccc(C(=O)NC2CC2)cc1)c1ncnc2c1cnn2C. The lowest BCUT2D eigenvalue weighted by molar-refractivity contribution is 0.0951. The molecule has 0 atom stereocenters. The van der Waals surface area contributed by atoms with E-state index in [0.717, 1.165) is 35.3 Å². The molecule has 1 aliphatic carbocycles. The van der Waals surface area contributed by atoms with Crippen molar-refractivity contribution in [2.24, 2.45) is 7.05 Å². The van der Waals surface area contributed by atoms with Crippen LogP contribution in [-0.4, -0.2) is 38.7 Å². The van der Waals surface area contributed by atoms with Crippen molar-refractivity contribution in [3.8, 4) is 0 Å². The number of fused-ring (bicyclic) bond motifs is 1. The summed E-state index contributed by atoms with van der Waals surface area (Å²) < 4.78 is 1.74. The van der Waals surface area contributed by atoms with E-state index in [1.165, 1.54) is 0 Å². The topological polar surface area (TPSA) is 75.9 Å². The molecule has 128 valence electrons. The molecule has 2 heterocycles. The van der Waals surface area contributed by atoms with Crippen molar-refractivity contribution in [1.82, 2.24) is 25.1 Å². The molecule has 0 aliphatic heterocycles. The lowest BCUT2D eigenvalue weighted by atomic mass is 10.1. The molecule has 0 spiro atoms.